The first kappa shape index (κ1) is 27.9. The largest absolute Gasteiger partial charge is 0.493 e. The van der Waals surface area contributed by atoms with E-state index in [-0.39, 0.29) is 17.2 Å². The number of aromatic nitrogens is 3. The zero-order valence-electron chi connectivity index (χ0n) is 21.7. The van der Waals surface area contributed by atoms with Crippen molar-refractivity contribution in [1.82, 2.24) is 14.8 Å². The number of thioether (sulfide) groups is 1. The molecule has 0 bridgehead atoms. The molecule has 0 atom stereocenters. The number of hydrogen-bond acceptors (Lipinski definition) is 10. The molecule has 1 amide bonds. The highest BCUT2D eigenvalue weighted by molar-refractivity contribution is 7.99. The fourth-order valence-electron chi connectivity index (χ4n) is 3.79. The zero-order valence-corrected chi connectivity index (χ0v) is 23.4. The average Bonchev–Trinajstić information content (AvgIpc) is 3.53. The molecule has 204 valence electrons. The monoisotopic (exact) mass is 572 g/mol. The summed E-state index contributed by atoms with van der Waals surface area (Å²) in [4.78, 5) is 25.4. The Kier molecular flexibility index (Phi) is 8.72. The molecule has 10 nitrogen and oxygen atoms in total. The molecule has 0 fully saturated rings. The van der Waals surface area contributed by atoms with Gasteiger partial charge in [0.2, 0.25) is 11.7 Å². The summed E-state index contributed by atoms with van der Waals surface area (Å²) >= 11 is 2.36. The van der Waals surface area contributed by atoms with Crippen LogP contribution in [0.2, 0.25) is 0 Å². The Balaban J connectivity index is 1.51. The van der Waals surface area contributed by atoms with Crippen LogP contribution in [-0.2, 0) is 16.6 Å². The lowest BCUT2D eigenvalue weighted by molar-refractivity contribution is -0.113. The van der Waals surface area contributed by atoms with Gasteiger partial charge in [-0.15, -0.1) is 21.5 Å². The number of rotatable bonds is 10. The molecular formula is C26H25FN4O6S2. The number of thiophene rings is 1. The van der Waals surface area contributed by atoms with Crippen LogP contribution in [0.3, 0.4) is 0 Å². The van der Waals surface area contributed by atoms with Crippen molar-refractivity contribution in [3.63, 3.8) is 0 Å². The van der Waals surface area contributed by atoms with Crippen LogP contribution in [0.5, 0.6) is 17.2 Å². The second-order valence-corrected chi connectivity index (χ2v) is 9.79. The van der Waals surface area contributed by atoms with E-state index in [0.717, 1.165) is 0 Å². The quantitative estimate of drug-likeness (QED) is 0.210. The lowest BCUT2D eigenvalue weighted by Crippen LogP contribution is -2.16. The van der Waals surface area contributed by atoms with Crippen LogP contribution < -0.4 is 19.5 Å². The molecule has 0 saturated heterocycles. The van der Waals surface area contributed by atoms with E-state index in [1.54, 1.807) is 41.3 Å². The van der Waals surface area contributed by atoms with Gasteiger partial charge < -0.3 is 28.8 Å². The third-order valence-corrected chi connectivity index (χ3v) is 7.59. The van der Waals surface area contributed by atoms with Gasteiger partial charge in [0.15, 0.2) is 22.5 Å². The number of halogens is 1. The summed E-state index contributed by atoms with van der Waals surface area (Å²) in [5.74, 6) is 0.591. The van der Waals surface area contributed by atoms with Crippen molar-refractivity contribution in [3.05, 3.63) is 53.2 Å². The molecule has 39 heavy (non-hydrogen) atoms. The third kappa shape index (κ3) is 5.83. The first-order chi connectivity index (χ1) is 18.8. The Morgan fingerprint density at radius 2 is 1.67 bits per heavy atom. The standard InChI is InChI=1S/C26H25FN4O6S2/c1-31-23(15-10-18(34-2)22(36-4)19(11-15)35-3)29-30-26(31)39-13-20(32)28-24-21(25(33)37-5)17(12-38-24)14-6-8-16(27)9-7-14/h6-12H,13H2,1-5H3,(H,28,32). The topological polar surface area (TPSA) is 114 Å². The molecule has 0 aliphatic heterocycles. The molecule has 0 radical (unpaired) electrons. The predicted octanol–water partition coefficient (Wildman–Crippen LogP) is 4.89. The molecule has 0 saturated carbocycles. The second-order valence-electron chi connectivity index (χ2n) is 7.97. The van der Waals surface area contributed by atoms with Gasteiger partial charge in [-0.1, -0.05) is 23.9 Å². The van der Waals surface area contributed by atoms with Crippen LogP contribution in [0, 0.1) is 5.82 Å². The Hall–Kier alpha value is -4.10. The molecule has 0 spiro atoms. The van der Waals surface area contributed by atoms with Gasteiger partial charge in [0.1, 0.15) is 16.4 Å². The smallest absolute Gasteiger partial charge is 0.341 e. The van der Waals surface area contributed by atoms with Crippen molar-refractivity contribution >= 4 is 40.0 Å². The van der Waals surface area contributed by atoms with Crippen LogP contribution in [0.15, 0.2) is 46.9 Å². The van der Waals surface area contributed by atoms with E-state index in [1.165, 1.54) is 63.7 Å². The summed E-state index contributed by atoms with van der Waals surface area (Å²) in [7, 11) is 7.62. The normalized spacial score (nSPS) is 10.7. The SMILES string of the molecule is COC(=O)c1c(-c2ccc(F)cc2)csc1NC(=O)CSc1nnc(-c2cc(OC)c(OC)c(OC)c2)n1C. The highest BCUT2D eigenvalue weighted by Crippen LogP contribution is 2.41. The molecule has 13 heteroatoms. The number of amides is 1. The number of esters is 1. The summed E-state index contributed by atoms with van der Waals surface area (Å²) < 4.78 is 36.3. The number of carbonyl (C=O) groups excluding carboxylic acids is 2. The molecule has 0 aliphatic rings. The lowest BCUT2D eigenvalue weighted by Gasteiger charge is -2.14. The van der Waals surface area contributed by atoms with Crippen molar-refractivity contribution in [1.29, 1.82) is 0 Å². The van der Waals surface area contributed by atoms with Gasteiger partial charge in [-0.25, -0.2) is 9.18 Å². The molecule has 0 aliphatic carbocycles. The van der Waals surface area contributed by atoms with Gasteiger partial charge in [0.25, 0.3) is 0 Å². The second kappa shape index (κ2) is 12.2. The Labute approximate surface area is 232 Å². The van der Waals surface area contributed by atoms with Crippen molar-refractivity contribution < 1.29 is 32.9 Å². The van der Waals surface area contributed by atoms with Crippen LogP contribution >= 0.6 is 23.1 Å². The van der Waals surface area contributed by atoms with Crippen molar-refractivity contribution in [2.24, 2.45) is 7.05 Å². The summed E-state index contributed by atoms with van der Waals surface area (Å²) in [5, 5.41) is 13.8. The maximum atomic E-state index is 13.4. The van der Waals surface area contributed by atoms with Crippen molar-refractivity contribution in [3.8, 4) is 39.8 Å². The third-order valence-electron chi connectivity index (χ3n) is 5.68. The fourth-order valence-corrected chi connectivity index (χ4v) is 5.48. The zero-order chi connectivity index (χ0) is 28.1. The summed E-state index contributed by atoms with van der Waals surface area (Å²) in [6.07, 6.45) is 0. The Morgan fingerprint density at radius 1 is 1.00 bits per heavy atom. The number of nitrogens with zero attached hydrogens (tertiary/aromatic N) is 3. The highest BCUT2D eigenvalue weighted by Gasteiger charge is 2.23. The van der Waals surface area contributed by atoms with Gasteiger partial charge in [-0.05, 0) is 29.8 Å². The number of anilines is 1. The average molecular weight is 573 g/mol. The maximum absolute atomic E-state index is 13.4. The number of ether oxygens (including phenoxy) is 4. The molecule has 4 aromatic rings. The van der Waals surface area contributed by atoms with E-state index in [1.807, 2.05) is 0 Å². The minimum Gasteiger partial charge on any atom is -0.493 e. The molecule has 2 aromatic heterocycles. The van der Waals surface area contributed by atoms with Gasteiger partial charge in [-0.3, -0.25) is 4.79 Å². The van der Waals surface area contributed by atoms with E-state index in [9.17, 15) is 14.0 Å². The van der Waals surface area contributed by atoms with Crippen LogP contribution in [0.25, 0.3) is 22.5 Å². The molecule has 2 aromatic carbocycles. The molecule has 4 rings (SSSR count). The van der Waals surface area contributed by atoms with Crippen LogP contribution in [-0.4, -0.2) is 60.8 Å². The molecule has 2 heterocycles. The van der Waals surface area contributed by atoms with E-state index in [0.29, 0.717) is 49.9 Å². The highest BCUT2D eigenvalue weighted by atomic mass is 32.2. The number of benzene rings is 2. The van der Waals surface area contributed by atoms with Crippen molar-refractivity contribution in [2.75, 3.05) is 39.5 Å². The lowest BCUT2D eigenvalue weighted by atomic mass is 10.0. The van der Waals surface area contributed by atoms with Gasteiger partial charge in [0, 0.05) is 23.6 Å². The van der Waals surface area contributed by atoms with E-state index in [4.69, 9.17) is 18.9 Å². The summed E-state index contributed by atoms with van der Waals surface area (Å²) in [6, 6.07) is 9.25. The number of nitrogens with one attached hydrogen (secondary N) is 1. The van der Waals surface area contributed by atoms with Gasteiger partial charge in [0.05, 0.1) is 34.2 Å². The maximum Gasteiger partial charge on any atom is 0.341 e. The van der Waals surface area contributed by atoms with Crippen molar-refractivity contribution in [2.45, 2.75) is 5.16 Å². The first-order valence-electron chi connectivity index (χ1n) is 11.4. The minimum absolute atomic E-state index is 0.00558. The van der Waals surface area contributed by atoms with E-state index >= 15 is 0 Å². The predicted molar refractivity (Wildman–Crippen MR) is 147 cm³/mol. The number of carbonyl (C=O) groups is 2. The van der Waals surface area contributed by atoms with Crippen LogP contribution in [0.1, 0.15) is 10.4 Å². The number of hydrogen-bond donors (Lipinski definition) is 1. The van der Waals surface area contributed by atoms with Gasteiger partial charge >= 0.3 is 5.97 Å². The summed E-state index contributed by atoms with van der Waals surface area (Å²) in [6.45, 7) is 0. The molecule has 0 unspecified atom stereocenters. The van der Waals surface area contributed by atoms with Crippen LogP contribution in [0.4, 0.5) is 9.39 Å². The fraction of sp³-hybridized carbons (Fsp3) is 0.231. The Bertz CT molecular complexity index is 1480. The Morgan fingerprint density at radius 3 is 2.26 bits per heavy atom. The number of methoxy groups -OCH3 is 4. The molecule has 1 N–H and O–H groups in total. The minimum atomic E-state index is -0.609. The van der Waals surface area contributed by atoms with E-state index in [2.05, 4.69) is 15.5 Å². The van der Waals surface area contributed by atoms with E-state index < -0.39 is 11.8 Å². The van der Waals surface area contributed by atoms with Gasteiger partial charge in [-0.2, -0.15) is 0 Å². The molecular weight excluding hydrogens is 547 g/mol. The summed E-state index contributed by atoms with van der Waals surface area (Å²) in [5.41, 5.74) is 2.06. The first-order valence-corrected chi connectivity index (χ1v) is 13.3.